The van der Waals surface area contributed by atoms with Gasteiger partial charge in [-0.25, -0.2) is 0 Å². The summed E-state index contributed by atoms with van der Waals surface area (Å²) in [5.41, 5.74) is -0.292. The van der Waals surface area contributed by atoms with Crippen LogP contribution < -0.4 is 0 Å². The van der Waals surface area contributed by atoms with Crippen molar-refractivity contribution in [3.8, 4) is 5.75 Å². The molecule has 0 fully saturated rings. The van der Waals surface area contributed by atoms with E-state index >= 15 is 0 Å². The molecule has 0 unspecified atom stereocenters. The molecule has 0 amide bonds. The quantitative estimate of drug-likeness (QED) is 0.503. The second kappa shape index (κ2) is 5.41. The van der Waals surface area contributed by atoms with Crippen molar-refractivity contribution in [2.45, 2.75) is 0 Å². The summed E-state index contributed by atoms with van der Waals surface area (Å²) in [6.45, 7) is 0. The van der Waals surface area contributed by atoms with Crippen molar-refractivity contribution in [3.63, 3.8) is 0 Å². The topological polar surface area (TPSA) is 80.4 Å². The number of nitro groups is 1. The van der Waals surface area contributed by atoms with Crippen LogP contribution in [0.3, 0.4) is 0 Å². The van der Waals surface area contributed by atoms with E-state index in [1.165, 1.54) is 0 Å². The first-order valence-electron chi connectivity index (χ1n) is 3.07. The van der Waals surface area contributed by atoms with E-state index in [4.69, 9.17) is 5.11 Å². The smallest absolute Gasteiger partial charge is 0.270 e. The van der Waals surface area contributed by atoms with Crippen molar-refractivity contribution in [2.24, 2.45) is 0 Å². The second-order valence-corrected chi connectivity index (χ2v) is 2.12. The standard InChI is InChI=1S/C7H5NO4.Eu/c9-4-5-3-6(8(11)12)1-2-7(5)10;/h1-4,10H;. The predicted octanol–water partition coefficient (Wildman–Crippen LogP) is 1.11. The van der Waals surface area contributed by atoms with Gasteiger partial charge in [0.25, 0.3) is 5.69 Å². The summed E-state index contributed by atoms with van der Waals surface area (Å²) < 4.78 is 0. The van der Waals surface area contributed by atoms with E-state index in [0.717, 1.165) is 18.2 Å². The largest absolute Gasteiger partial charge is 0.507 e. The van der Waals surface area contributed by atoms with Crippen LogP contribution in [0.4, 0.5) is 5.69 Å². The number of aromatic hydroxyl groups is 1. The minimum atomic E-state index is -0.633. The van der Waals surface area contributed by atoms with Crippen LogP contribution in [0, 0.1) is 59.5 Å². The summed E-state index contributed by atoms with van der Waals surface area (Å²) in [5, 5.41) is 19.2. The van der Waals surface area contributed by atoms with Crippen LogP contribution in [-0.2, 0) is 0 Å². The van der Waals surface area contributed by atoms with Gasteiger partial charge in [-0.15, -0.1) is 0 Å². The van der Waals surface area contributed by atoms with Gasteiger partial charge in [0.2, 0.25) is 0 Å². The minimum Gasteiger partial charge on any atom is -0.507 e. The Bertz CT molecular complexity index is 339. The van der Waals surface area contributed by atoms with Crippen molar-refractivity contribution in [1.29, 1.82) is 0 Å². The van der Waals surface area contributed by atoms with E-state index in [1.54, 1.807) is 0 Å². The molecule has 6 heteroatoms. The van der Waals surface area contributed by atoms with E-state index in [9.17, 15) is 14.9 Å². The van der Waals surface area contributed by atoms with E-state index in [-0.39, 0.29) is 66.4 Å². The average Bonchev–Trinajstić information content (AvgIpc) is 2.05. The predicted molar refractivity (Wildman–Crippen MR) is 40.1 cm³/mol. The molecule has 0 saturated heterocycles. The molecule has 69 valence electrons. The van der Waals surface area contributed by atoms with Gasteiger partial charge >= 0.3 is 0 Å². The van der Waals surface area contributed by atoms with Crippen LogP contribution in [0.1, 0.15) is 10.4 Å². The average molecular weight is 319 g/mol. The van der Waals surface area contributed by atoms with Gasteiger partial charge in [-0.1, -0.05) is 0 Å². The molecule has 0 saturated carbocycles. The minimum absolute atomic E-state index is 0. The number of nitrogens with zero attached hydrogens (tertiary/aromatic N) is 1. The molecule has 1 N–H and O–H groups in total. The fourth-order valence-corrected chi connectivity index (χ4v) is 0.750. The molecular weight excluding hydrogens is 314 g/mol. The van der Waals surface area contributed by atoms with Gasteiger partial charge in [0.1, 0.15) is 5.75 Å². The zero-order chi connectivity index (χ0) is 9.14. The number of phenols is 1. The molecule has 1 aromatic carbocycles. The Morgan fingerprint density at radius 1 is 1.46 bits per heavy atom. The molecule has 1 rings (SSSR count). The normalized spacial score (nSPS) is 8.62. The molecule has 5 nitrogen and oxygen atoms in total. The molecular formula is C7H5EuNO4. The SMILES string of the molecule is O=Cc1cc([N+](=O)[O-])ccc1O.[Eu]. The number of aldehydes is 1. The van der Waals surface area contributed by atoms with Crippen LogP contribution in [-0.4, -0.2) is 16.3 Å². The van der Waals surface area contributed by atoms with E-state index in [2.05, 4.69) is 0 Å². The molecule has 0 aromatic heterocycles. The van der Waals surface area contributed by atoms with Gasteiger partial charge in [-0.3, -0.25) is 14.9 Å². The fourth-order valence-electron chi connectivity index (χ4n) is 0.750. The van der Waals surface area contributed by atoms with Crippen LogP contribution in [0.15, 0.2) is 18.2 Å². The Kier molecular flexibility index (Phi) is 5.28. The number of rotatable bonds is 2. The number of phenolic OH excluding ortho intramolecular Hbond substituents is 1. The van der Waals surface area contributed by atoms with Crippen LogP contribution in [0.2, 0.25) is 0 Å². The molecule has 1 radical (unpaired) electrons. The molecule has 0 atom stereocenters. The number of benzene rings is 1. The third-order valence-corrected chi connectivity index (χ3v) is 1.35. The summed E-state index contributed by atoms with van der Waals surface area (Å²) in [6.07, 6.45) is 0.363. The molecule has 13 heavy (non-hydrogen) atoms. The molecule has 0 spiro atoms. The van der Waals surface area contributed by atoms with Gasteiger partial charge in [0.15, 0.2) is 6.29 Å². The van der Waals surface area contributed by atoms with Crippen LogP contribution >= 0.6 is 0 Å². The third kappa shape index (κ3) is 3.13. The van der Waals surface area contributed by atoms with Crippen molar-refractivity contribution < 1.29 is 64.2 Å². The van der Waals surface area contributed by atoms with Crippen molar-refractivity contribution >= 4 is 12.0 Å². The Morgan fingerprint density at radius 3 is 2.54 bits per heavy atom. The van der Waals surface area contributed by atoms with Crippen molar-refractivity contribution in [2.75, 3.05) is 0 Å². The van der Waals surface area contributed by atoms with E-state index in [1.807, 2.05) is 0 Å². The van der Waals surface area contributed by atoms with Gasteiger partial charge in [-0.05, 0) is 6.07 Å². The molecule has 0 aliphatic rings. The Balaban J connectivity index is 0.00000144. The zero-order valence-electron chi connectivity index (χ0n) is 6.31. The molecule has 0 aliphatic carbocycles. The molecule has 0 bridgehead atoms. The fraction of sp³-hybridized carbons (Fsp3) is 0. The molecule has 0 heterocycles. The molecule has 0 aliphatic heterocycles. The van der Waals surface area contributed by atoms with E-state index < -0.39 is 4.92 Å². The van der Waals surface area contributed by atoms with Gasteiger partial charge < -0.3 is 5.11 Å². The number of hydrogen-bond donors (Lipinski definition) is 1. The maximum atomic E-state index is 10.2. The summed E-state index contributed by atoms with van der Waals surface area (Å²) in [5.74, 6) is -0.254. The van der Waals surface area contributed by atoms with Gasteiger partial charge in [0, 0.05) is 61.5 Å². The molecule has 1 aromatic rings. The van der Waals surface area contributed by atoms with Crippen LogP contribution in [0.5, 0.6) is 5.75 Å². The number of carbonyl (C=O) groups is 1. The maximum Gasteiger partial charge on any atom is 0.270 e. The Labute approximate surface area is 114 Å². The summed E-state index contributed by atoms with van der Waals surface area (Å²) in [6, 6.07) is 3.26. The maximum absolute atomic E-state index is 10.2. The number of nitro benzene ring substituents is 1. The summed E-state index contributed by atoms with van der Waals surface area (Å²) in [4.78, 5) is 19.8. The van der Waals surface area contributed by atoms with Crippen molar-refractivity contribution in [1.82, 2.24) is 0 Å². The van der Waals surface area contributed by atoms with E-state index in [0.29, 0.717) is 6.29 Å². The summed E-state index contributed by atoms with van der Waals surface area (Å²) >= 11 is 0. The van der Waals surface area contributed by atoms with Gasteiger partial charge in [0.05, 0.1) is 10.5 Å². The second-order valence-electron chi connectivity index (χ2n) is 2.12. The Morgan fingerprint density at radius 2 is 2.08 bits per heavy atom. The monoisotopic (exact) mass is 320 g/mol. The number of carbonyl (C=O) groups excluding carboxylic acids is 1. The van der Waals surface area contributed by atoms with Crippen LogP contribution in [0.25, 0.3) is 0 Å². The number of non-ortho nitro benzene ring substituents is 1. The van der Waals surface area contributed by atoms with Gasteiger partial charge in [-0.2, -0.15) is 0 Å². The summed E-state index contributed by atoms with van der Waals surface area (Å²) in [7, 11) is 0. The van der Waals surface area contributed by atoms with Crippen molar-refractivity contribution in [3.05, 3.63) is 33.9 Å². The first kappa shape index (κ1) is 12.7. The number of hydrogen-bond acceptors (Lipinski definition) is 4. The third-order valence-electron chi connectivity index (χ3n) is 1.35. The zero-order valence-corrected chi connectivity index (χ0v) is 8.73. The first-order chi connectivity index (χ1) is 5.65. The first-order valence-corrected chi connectivity index (χ1v) is 3.07. The Hall–Kier alpha value is -0.326.